The summed E-state index contributed by atoms with van der Waals surface area (Å²) in [6.45, 7) is 7.79. The first-order valence-electron chi connectivity index (χ1n) is 20.0. The average Bonchev–Trinajstić information content (AvgIpc) is 3.96. The van der Waals surface area contributed by atoms with E-state index < -0.39 is 28.8 Å². The predicted octanol–water partition coefficient (Wildman–Crippen LogP) is 12.4. The van der Waals surface area contributed by atoms with Gasteiger partial charge in [-0.05, 0) is 76.3 Å². The summed E-state index contributed by atoms with van der Waals surface area (Å²) in [6.07, 6.45) is 0. The second-order valence-electron chi connectivity index (χ2n) is 15.4. The van der Waals surface area contributed by atoms with Gasteiger partial charge >= 0.3 is 0 Å². The normalized spacial score (nSPS) is 12.3. The van der Waals surface area contributed by atoms with Crippen molar-refractivity contribution in [2.24, 2.45) is 0 Å². The number of thiophene rings is 1. The lowest BCUT2D eigenvalue weighted by atomic mass is 9.95. The fourth-order valence-corrected chi connectivity index (χ4v) is 10.3. The molecule has 0 aliphatic rings. The molecule has 0 fully saturated rings. The SMILES string of the molecule is C=C(O)/C(O)=c1\c(=C)n(-c2ccc(-c3ccccc3)cc2)c2c(O)c(O)c(-c3ccc4c(c3)c3c(-c5ccccc5)cccc3n4-c3cccc4sc5ccccc5c34)c(O)c12. The van der Waals surface area contributed by atoms with Crippen molar-refractivity contribution in [3.63, 3.8) is 0 Å². The van der Waals surface area contributed by atoms with Crippen LogP contribution in [-0.4, -0.2) is 34.7 Å². The number of rotatable bonds is 6. The van der Waals surface area contributed by atoms with Gasteiger partial charge in [0.1, 0.15) is 11.3 Å². The largest absolute Gasteiger partial charge is 0.506 e. The summed E-state index contributed by atoms with van der Waals surface area (Å²) in [5.74, 6) is -2.82. The Balaban J connectivity index is 1.20. The van der Waals surface area contributed by atoms with Crippen molar-refractivity contribution in [1.29, 1.82) is 0 Å². The van der Waals surface area contributed by atoms with Gasteiger partial charge in [-0.25, -0.2) is 0 Å². The van der Waals surface area contributed by atoms with Gasteiger partial charge in [0.05, 0.1) is 38.2 Å². The van der Waals surface area contributed by atoms with Gasteiger partial charge in [0.2, 0.25) is 0 Å². The molecule has 0 radical (unpaired) electrons. The van der Waals surface area contributed by atoms with Crippen LogP contribution in [0, 0.1) is 0 Å². The van der Waals surface area contributed by atoms with E-state index in [2.05, 4.69) is 90.5 Å². The van der Waals surface area contributed by atoms with E-state index in [-0.39, 0.29) is 27.0 Å². The maximum absolute atomic E-state index is 12.4. The van der Waals surface area contributed by atoms with Crippen molar-refractivity contribution in [2.75, 3.05) is 0 Å². The predicted molar refractivity (Wildman–Crippen MR) is 254 cm³/mol. The van der Waals surface area contributed by atoms with E-state index >= 15 is 0 Å². The van der Waals surface area contributed by atoms with Gasteiger partial charge in [-0.15, -0.1) is 11.3 Å². The van der Waals surface area contributed by atoms with Crippen LogP contribution in [-0.2, 0) is 0 Å². The summed E-state index contributed by atoms with van der Waals surface area (Å²) in [7, 11) is 0. The molecule has 11 aromatic rings. The molecule has 0 amide bonds. The maximum Gasteiger partial charge on any atom is 0.183 e. The van der Waals surface area contributed by atoms with Crippen molar-refractivity contribution >= 4 is 76.6 Å². The van der Waals surface area contributed by atoms with Crippen LogP contribution in [0.15, 0.2) is 176 Å². The number of aliphatic hydroxyl groups excluding tert-OH is 2. The summed E-state index contributed by atoms with van der Waals surface area (Å²) in [6, 6.07) is 54.2. The van der Waals surface area contributed by atoms with E-state index in [9.17, 15) is 25.5 Å². The van der Waals surface area contributed by atoms with Gasteiger partial charge in [0, 0.05) is 36.6 Å². The zero-order chi connectivity index (χ0) is 42.4. The summed E-state index contributed by atoms with van der Waals surface area (Å²) in [5.41, 5.74) is 7.71. The Morgan fingerprint density at radius 2 is 1.15 bits per heavy atom. The monoisotopic (exact) mass is 824 g/mol. The van der Waals surface area contributed by atoms with E-state index in [0.717, 1.165) is 60.5 Å². The van der Waals surface area contributed by atoms with E-state index in [1.807, 2.05) is 91.0 Å². The molecule has 0 atom stereocenters. The molecule has 8 heteroatoms. The Hall–Kier alpha value is -8.20. The molecule has 0 unspecified atom stereocenters. The quantitative estimate of drug-likeness (QED) is 0.0651. The van der Waals surface area contributed by atoms with Crippen LogP contribution in [0.3, 0.4) is 0 Å². The van der Waals surface area contributed by atoms with Gasteiger partial charge in [0.25, 0.3) is 0 Å². The molecule has 0 aliphatic carbocycles. The molecule has 11 rings (SSSR count). The first-order chi connectivity index (χ1) is 30.2. The minimum Gasteiger partial charge on any atom is -0.506 e. The number of phenols is 3. The molecule has 62 heavy (non-hydrogen) atoms. The van der Waals surface area contributed by atoms with Crippen LogP contribution >= 0.6 is 11.3 Å². The summed E-state index contributed by atoms with van der Waals surface area (Å²) < 4.78 is 6.17. The van der Waals surface area contributed by atoms with Gasteiger partial charge in [-0.3, -0.25) is 0 Å². The van der Waals surface area contributed by atoms with Crippen molar-refractivity contribution in [2.45, 2.75) is 0 Å². The number of aromatic nitrogens is 2. The molecule has 3 heterocycles. The van der Waals surface area contributed by atoms with Crippen LogP contribution < -0.4 is 10.6 Å². The number of phenolic OH excluding ortho intramolecular Hbond substituents is 3. The third-order valence-electron chi connectivity index (χ3n) is 12.0. The third kappa shape index (κ3) is 5.37. The molecule has 7 nitrogen and oxygen atoms in total. The molecular weight excluding hydrogens is 789 g/mol. The fraction of sp³-hybridized carbons (Fsp3) is 0. The van der Waals surface area contributed by atoms with E-state index in [0.29, 0.717) is 11.3 Å². The highest BCUT2D eigenvalue weighted by molar-refractivity contribution is 7.25. The first kappa shape index (κ1) is 36.8. The number of aromatic hydroxyl groups is 3. The number of hydrogen-bond donors (Lipinski definition) is 5. The minimum absolute atomic E-state index is 0.0101. The second kappa shape index (κ2) is 13.9. The zero-order valence-corrected chi connectivity index (χ0v) is 33.9. The Bertz CT molecular complexity index is 3770. The van der Waals surface area contributed by atoms with Crippen molar-refractivity contribution in [3.05, 3.63) is 187 Å². The molecule has 0 saturated heterocycles. The summed E-state index contributed by atoms with van der Waals surface area (Å²) in [5, 5.41) is 62.7. The average molecular weight is 825 g/mol. The summed E-state index contributed by atoms with van der Waals surface area (Å²) >= 11 is 1.76. The van der Waals surface area contributed by atoms with Crippen LogP contribution in [0.4, 0.5) is 0 Å². The first-order valence-corrected chi connectivity index (χ1v) is 20.8. The lowest BCUT2D eigenvalue weighted by molar-refractivity contribution is 0.383. The van der Waals surface area contributed by atoms with Gasteiger partial charge < -0.3 is 34.7 Å². The topological polar surface area (TPSA) is 111 Å². The summed E-state index contributed by atoms with van der Waals surface area (Å²) in [4.78, 5) is 0. The van der Waals surface area contributed by atoms with Crippen LogP contribution in [0.25, 0.3) is 110 Å². The van der Waals surface area contributed by atoms with Gasteiger partial charge in [-0.1, -0.05) is 128 Å². The zero-order valence-electron chi connectivity index (χ0n) is 33.0. The molecule has 0 bridgehead atoms. The number of nitrogens with zero attached hydrogens (tertiary/aromatic N) is 2. The fourth-order valence-electron chi connectivity index (χ4n) is 9.22. The second-order valence-corrected chi connectivity index (χ2v) is 16.5. The van der Waals surface area contributed by atoms with Crippen molar-refractivity contribution < 1.29 is 25.5 Å². The molecule has 3 aromatic heterocycles. The molecule has 0 spiro atoms. The third-order valence-corrected chi connectivity index (χ3v) is 13.1. The molecule has 0 saturated carbocycles. The van der Waals surface area contributed by atoms with Crippen molar-refractivity contribution in [1.82, 2.24) is 9.13 Å². The van der Waals surface area contributed by atoms with E-state index in [4.69, 9.17) is 0 Å². The smallest absolute Gasteiger partial charge is 0.183 e. The minimum atomic E-state index is -0.655. The van der Waals surface area contributed by atoms with Crippen molar-refractivity contribution in [3.8, 4) is 62.0 Å². The maximum atomic E-state index is 12.4. The molecular formula is C54H36N2O5S. The lowest BCUT2D eigenvalue weighted by Gasteiger charge is -2.15. The standard InChI is InChI=1S/C54H36N2O5S/c1-30-45(51(58)31(2)57)49-50(55(30)36-26-23-33(24-27-36)32-13-5-3-6-14-32)54(61)53(60)46(52(49)59)35-25-28-40-39(29-35)47-37(34-15-7-4-8-16-34)18-11-19-41(47)56(40)42-20-12-22-44-48(42)38-17-9-10-21-43(38)62-44/h3-29,57-61H,1-2H2/b51-45-. The van der Waals surface area contributed by atoms with Gasteiger partial charge in [0.15, 0.2) is 23.0 Å². The molecule has 8 aromatic carbocycles. The highest BCUT2D eigenvalue weighted by atomic mass is 32.1. The van der Waals surface area contributed by atoms with E-state index in [1.54, 1.807) is 11.3 Å². The molecule has 5 N–H and O–H groups in total. The van der Waals surface area contributed by atoms with Crippen LogP contribution in [0.5, 0.6) is 17.2 Å². The van der Waals surface area contributed by atoms with E-state index in [1.165, 1.54) is 14.0 Å². The van der Waals surface area contributed by atoms with Gasteiger partial charge in [-0.2, -0.15) is 0 Å². The molecule has 298 valence electrons. The van der Waals surface area contributed by atoms with Crippen LogP contribution in [0.2, 0.25) is 0 Å². The number of hydrogen-bond acceptors (Lipinski definition) is 6. The number of benzene rings is 8. The lowest BCUT2D eigenvalue weighted by Crippen LogP contribution is -2.29. The highest BCUT2D eigenvalue weighted by Gasteiger charge is 2.28. The highest BCUT2D eigenvalue weighted by Crippen LogP contribution is 2.51. The number of fused-ring (bicyclic) bond motifs is 7. The Labute approximate surface area is 358 Å². The molecule has 0 aliphatic heterocycles. The van der Waals surface area contributed by atoms with Crippen LogP contribution in [0.1, 0.15) is 0 Å². The Kier molecular flexibility index (Phi) is 8.29. The number of aliphatic hydroxyl groups is 2. The Morgan fingerprint density at radius 1 is 0.500 bits per heavy atom. The Morgan fingerprint density at radius 3 is 1.89 bits per heavy atom.